The summed E-state index contributed by atoms with van der Waals surface area (Å²) in [4.78, 5) is 0. The molecule has 0 aliphatic rings. The van der Waals surface area contributed by atoms with Gasteiger partial charge in [0.1, 0.15) is 6.04 Å². The lowest BCUT2D eigenvalue weighted by molar-refractivity contribution is -0.176. The maximum atomic E-state index is 12.2. The number of halogens is 3. The summed E-state index contributed by atoms with van der Waals surface area (Å²) in [7, 11) is 1.32. The van der Waals surface area contributed by atoms with Crippen LogP contribution in [0.4, 0.5) is 13.2 Å². The van der Waals surface area contributed by atoms with Crippen molar-refractivity contribution in [2.45, 2.75) is 33.0 Å². The van der Waals surface area contributed by atoms with Crippen molar-refractivity contribution >= 4 is 0 Å². The molecular weight excluding hydrogens is 155 g/mol. The summed E-state index contributed by atoms with van der Waals surface area (Å²) in [5.74, 6) is 0. The van der Waals surface area contributed by atoms with E-state index >= 15 is 0 Å². The van der Waals surface area contributed by atoms with Crippen LogP contribution in [-0.4, -0.2) is 19.3 Å². The van der Waals surface area contributed by atoms with Gasteiger partial charge in [-0.15, -0.1) is 0 Å². The topological polar surface area (TPSA) is 12.0 Å². The molecule has 68 valence electrons. The molecule has 1 unspecified atom stereocenters. The van der Waals surface area contributed by atoms with E-state index in [1.165, 1.54) is 7.05 Å². The van der Waals surface area contributed by atoms with E-state index in [2.05, 4.69) is 5.32 Å². The fourth-order valence-corrected chi connectivity index (χ4v) is 1.09. The Hall–Kier alpha value is -0.250. The zero-order valence-corrected chi connectivity index (χ0v) is 7.21. The first-order valence-electron chi connectivity index (χ1n) is 3.43. The molecule has 1 atom stereocenters. The molecule has 0 aliphatic heterocycles. The Morgan fingerprint density at radius 2 is 1.45 bits per heavy atom. The van der Waals surface area contributed by atoms with Crippen LogP contribution in [0.25, 0.3) is 0 Å². The van der Waals surface area contributed by atoms with Crippen LogP contribution in [0.5, 0.6) is 0 Å². The molecule has 0 aromatic rings. The van der Waals surface area contributed by atoms with E-state index in [1.807, 2.05) is 0 Å². The molecule has 0 saturated heterocycles. The minimum atomic E-state index is -4.16. The number of nitrogens with one attached hydrogen (secondary N) is 1. The molecule has 0 spiro atoms. The minimum absolute atomic E-state index is 0.785. The van der Waals surface area contributed by atoms with Crippen molar-refractivity contribution in [1.29, 1.82) is 0 Å². The van der Waals surface area contributed by atoms with Gasteiger partial charge < -0.3 is 5.32 Å². The average molecular weight is 169 g/mol. The summed E-state index contributed by atoms with van der Waals surface area (Å²) >= 11 is 0. The van der Waals surface area contributed by atoms with Gasteiger partial charge in [-0.3, -0.25) is 0 Å². The van der Waals surface area contributed by atoms with Crippen molar-refractivity contribution < 1.29 is 13.2 Å². The number of alkyl halides is 3. The van der Waals surface area contributed by atoms with Gasteiger partial charge in [0.15, 0.2) is 0 Å². The molecule has 11 heavy (non-hydrogen) atoms. The van der Waals surface area contributed by atoms with Gasteiger partial charge >= 0.3 is 6.18 Å². The molecule has 0 saturated carbocycles. The lowest BCUT2D eigenvalue weighted by atomic mass is 9.86. The molecule has 0 fully saturated rings. The number of hydrogen-bond acceptors (Lipinski definition) is 1. The van der Waals surface area contributed by atoms with E-state index in [-0.39, 0.29) is 0 Å². The first-order valence-corrected chi connectivity index (χ1v) is 3.43. The summed E-state index contributed by atoms with van der Waals surface area (Å²) in [5, 5.41) is 2.26. The standard InChI is InChI=1S/C7H14F3N/c1-6(2,3)5(11-4)7(8,9)10/h5,11H,1-4H3. The van der Waals surface area contributed by atoms with E-state index in [9.17, 15) is 13.2 Å². The molecule has 0 aromatic heterocycles. The molecule has 0 bridgehead atoms. The molecule has 1 N–H and O–H groups in total. The summed E-state index contributed by atoms with van der Waals surface area (Å²) in [6.45, 7) is 4.67. The first kappa shape index (κ1) is 10.8. The van der Waals surface area contributed by atoms with Crippen molar-refractivity contribution in [2.24, 2.45) is 5.41 Å². The van der Waals surface area contributed by atoms with Crippen molar-refractivity contribution in [3.8, 4) is 0 Å². The Balaban J connectivity index is 4.43. The van der Waals surface area contributed by atoms with E-state index in [0.29, 0.717) is 0 Å². The highest BCUT2D eigenvalue weighted by molar-refractivity contribution is 4.85. The van der Waals surface area contributed by atoms with Crippen LogP contribution in [0.15, 0.2) is 0 Å². The molecular formula is C7H14F3N. The van der Waals surface area contributed by atoms with Crippen molar-refractivity contribution in [2.75, 3.05) is 7.05 Å². The van der Waals surface area contributed by atoms with Gasteiger partial charge in [-0.25, -0.2) is 0 Å². The predicted octanol–water partition coefficient (Wildman–Crippen LogP) is 2.18. The maximum absolute atomic E-state index is 12.2. The van der Waals surface area contributed by atoms with Crippen molar-refractivity contribution in [3.63, 3.8) is 0 Å². The third-order valence-corrected chi connectivity index (χ3v) is 1.48. The highest BCUT2D eigenvalue weighted by atomic mass is 19.4. The molecule has 1 nitrogen and oxygen atoms in total. The monoisotopic (exact) mass is 169 g/mol. The molecule has 0 heterocycles. The molecule has 0 radical (unpaired) electrons. The maximum Gasteiger partial charge on any atom is 0.404 e. The molecule has 4 heteroatoms. The molecule has 0 amide bonds. The zero-order chi connectivity index (χ0) is 9.28. The van der Waals surface area contributed by atoms with Crippen molar-refractivity contribution in [1.82, 2.24) is 5.32 Å². The second-order valence-electron chi connectivity index (χ2n) is 3.63. The predicted molar refractivity (Wildman–Crippen MR) is 38.4 cm³/mol. The summed E-state index contributed by atoms with van der Waals surface area (Å²) in [6, 6.07) is -1.44. The van der Waals surface area contributed by atoms with E-state index in [0.717, 1.165) is 0 Å². The Labute approximate surface area is 65.0 Å². The molecule has 0 aliphatic carbocycles. The second-order valence-corrected chi connectivity index (χ2v) is 3.63. The van der Waals surface area contributed by atoms with Gasteiger partial charge in [0, 0.05) is 0 Å². The lowest BCUT2D eigenvalue weighted by Crippen LogP contribution is -2.49. The van der Waals surface area contributed by atoms with Crippen LogP contribution in [0.3, 0.4) is 0 Å². The zero-order valence-electron chi connectivity index (χ0n) is 7.21. The highest BCUT2D eigenvalue weighted by Crippen LogP contribution is 2.32. The number of hydrogen-bond donors (Lipinski definition) is 1. The van der Waals surface area contributed by atoms with Crippen LogP contribution >= 0.6 is 0 Å². The second kappa shape index (κ2) is 3.01. The lowest BCUT2D eigenvalue weighted by Gasteiger charge is -2.31. The summed E-state index contributed by atoms with van der Waals surface area (Å²) in [5.41, 5.74) is -0.785. The van der Waals surface area contributed by atoms with Gasteiger partial charge in [-0.2, -0.15) is 13.2 Å². The Kier molecular flexibility index (Phi) is 2.94. The third kappa shape index (κ3) is 3.10. The van der Waals surface area contributed by atoms with Gasteiger partial charge in [-0.05, 0) is 12.5 Å². The molecule has 0 rings (SSSR count). The van der Waals surface area contributed by atoms with E-state index < -0.39 is 17.6 Å². The SMILES string of the molecule is CNC(C(C)(C)C)C(F)(F)F. The van der Waals surface area contributed by atoms with Crippen LogP contribution < -0.4 is 5.32 Å². The fourth-order valence-electron chi connectivity index (χ4n) is 1.09. The Morgan fingerprint density at radius 3 is 1.45 bits per heavy atom. The summed E-state index contributed by atoms with van der Waals surface area (Å²) in [6.07, 6.45) is -4.16. The third-order valence-electron chi connectivity index (χ3n) is 1.48. The number of rotatable bonds is 1. The van der Waals surface area contributed by atoms with Gasteiger partial charge in [0.05, 0.1) is 0 Å². The minimum Gasteiger partial charge on any atom is -0.309 e. The fraction of sp³-hybridized carbons (Fsp3) is 1.00. The van der Waals surface area contributed by atoms with E-state index in [1.54, 1.807) is 20.8 Å². The van der Waals surface area contributed by atoms with Crippen LogP contribution in [0, 0.1) is 5.41 Å². The quantitative estimate of drug-likeness (QED) is 0.634. The van der Waals surface area contributed by atoms with Crippen molar-refractivity contribution in [3.05, 3.63) is 0 Å². The van der Waals surface area contributed by atoms with Crippen LogP contribution in [0.2, 0.25) is 0 Å². The molecule has 0 aromatic carbocycles. The van der Waals surface area contributed by atoms with Crippen LogP contribution in [-0.2, 0) is 0 Å². The largest absolute Gasteiger partial charge is 0.404 e. The normalized spacial score (nSPS) is 16.6. The summed E-state index contributed by atoms with van der Waals surface area (Å²) < 4.78 is 36.5. The smallest absolute Gasteiger partial charge is 0.309 e. The Bertz CT molecular complexity index is 109. The Morgan fingerprint density at radius 1 is 1.09 bits per heavy atom. The van der Waals surface area contributed by atoms with E-state index in [4.69, 9.17) is 0 Å². The van der Waals surface area contributed by atoms with Crippen LogP contribution in [0.1, 0.15) is 20.8 Å². The first-order chi connectivity index (χ1) is 4.69. The van der Waals surface area contributed by atoms with Gasteiger partial charge in [-0.1, -0.05) is 20.8 Å². The van der Waals surface area contributed by atoms with Gasteiger partial charge in [0.2, 0.25) is 0 Å². The average Bonchev–Trinajstić information content (AvgIpc) is 1.56. The van der Waals surface area contributed by atoms with Gasteiger partial charge in [0.25, 0.3) is 0 Å². The highest BCUT2D eigenvalue weighted by Gasteiger charge is 2.45.